The molecule has 0 radical (unpaired) electrons. The SMILES string of the molecule is COc1cc(OC)cc(C(=O)Oc2ccc3c(c2C)O/C(=C\c2ccc(OC)cc2OC)C3=O)c1. The molecule has 8 heteroatoms. The number of allylic oxidation sites excluding steroid dienone is 1. The Labute approximate surface area is 202 Å². The number of hydrogen-bond donors (Lipinski definition) is 0. The number of carbonyl (C=O) groups excluding carboxylic acids is 2. The molecule has 1 heterocycles. The molecule has 0 amide bonds. The molecule has 1 aliphatic heterocycles. The maximum absolute atomic E-state index is 13.0. The van der Waals surface area contributed by atoms with Gasteiger partial charge in [0, 0.05) is 23.3 Å². The third-order valence-corrected chi connectivity index (χ3v) is 5.55. The van der Waals surface area contributed by atoms with E-state index in [1.54, 1.807) is 68.6 Å². The molecular formula is C27H24O8. The molecule has 0 N–H and O–H groups in total. The Hall–Kier alpha value is -4.46. The molecule has 8 nitrogen and oxygen atoms in total. The van der Waals surface area contributed by atoms with Gasteiger partial charge in [-0.05, 0) is 49.4 Å². The molecule has 3 aromatic carbocycles. The summed E-state index contributed by atoms with van der Waals surface area (Å²) in [6, 6.07) is 13.2. The summed E-state index contributed by atoms with van der Waals surface area (Å²) in [5.41, 5.74) is 1.80. The van der Waals surface area contributed by atoms with Gasteiger partial charge in [0.2, 0.25) is 5.78 Å². The number of ether oxygens (including phenoxy) is 6. The number of carbonyl (C=O) groups is 2. The zero-order valence-electron chi connectivity index (χ0n) is 20.0. The van der Waals surface area contributed by atoms with Gasteiger partial charge in [0.1, 0.15) is 34.5 Å². The summed E-state index contributed by atoms with van der Waals surface area (Å²) in [6.45, 7) is 1.72. The van der Waals surface area contributed by atoms with E-state index in [0.717, 1.165) is 0 Å². The molecule has 0 aromatic heterocycles. The van der Waals surface area contributed by atoms with Crippen LogP contribution in [0, 0.1) is 6.92 Å². The van der Waals surface area contributed by atoms with Crippen LogP contribution in [0.4, 0.5) is 0 Å². The largest absolute Gasteiger partial charge is 0.497 e. The van der Waals surface area contributed by atoms with Gasteiger partial charge in [0.05, 0.1) is 39.6 Å². The van der Waals surface area contributed by atoms with E-state index in [-0.39, 0.29) is 22.9 Å². The molecule has 1 aliphatic rings. The first kappa shape index (κ1) is 23.7. The van der Waals surface area contributed by atoms with E-state index in [1.165, 1.54) is 21.3 Å². The van der Waals surface area contributed by atoms with E-state index in [0.29, 0.717) is 45.4 Å². The van der Waals surface area contributed by atoms with Crippen LogP contribution in [0.3, 0.4) is 0 Å². The Morgan fingerprint density at radius 2 is 1.49 bits per heavy atom. The number of esters is 1. The van der Waals surface area contributed by atoms with Crippen molar-refractivity contribution in [3.63, 3.8) is 0 Å². The molecule has 0 bridgehead atoms. The van der Waals surface area contributed by atoms with Crippen molar-refractivity contribution in [3.05, 3.63) is 76.5 Å². The average Bonchev–Trinajstić information content (AvgIpc) is 3.21. The Kier molecular flexibility index (Phi) is 6.64. The lowest BCUT2D eigenvalue weighted by molar-refractivity contribution is 0.0732. The smallest absolute Gasteiger partial charge is 0.343 e. The molecule has 3 aromatic rings. The second-order valence-electron chi connectivity index (χ2n) is 7.60. The quantitative estimate of drug-likeness (QED) is 0.271. The monoisotopic (exact) mass is 476 g/mol. The van der Waals surface area contributed by atoms with E-state index in [4.69, 9.17) is 28.4 Å². The highest BCUT2D eigenvalue weighted by atomic mass is 16.5. The maximum Gasteiger partial charge on any atom is 0.343 e. The van der Waals surface area contributed by atoms with E-state index in [9.17, 15) is 9.59 Å². The van der Waals surface area contributed by atoms with Crippen LogP contribution in [-0.2, 0) is 0 Å². The van der Waals surface area contributed by atoms with E-state index in [1.807, 2.05) is 0 Å². The van der Waals surface area contributed by atoms with Crippen LogP contribution in [0.5, 0.6) is 34.5 Å². The Morgan fingerprint density at radius 3 is 2.11 bits per heavy atom. The summed E-state index contributed by atoms with van der Waals surface area (Å²) in [6.07, 6.45) is 1.61. The lowest BCUT2D eigenvalue weighted by Gasteiger charge is -2.11. The van der Waals surface area contributed by atoms with Crippen molar-refractivity contribution < 1.29 is 38.0 Å². The van der Waals surface area contributed by atoms with Crippen molar-refractivity contribution in [2.24, 2.45) is 0 Å². The van der Waals surface area contributed by atoms with E-state index in [2.05, 4.69) is 0 Å². The Balaban J connectivity index is 1.62. The summed E-state index contributed by atoms with van der Waals surface area (Å²) in [5.74, 6) is 1.93. The van der Waals surface area contributed by atoms with Crippen LogP contribution in [0.15, 0.2) is 54.3 Å². The number of hydrogen-bond acceptors (Lipinski definition) is 8. The van der Waals surface area contributed by atoms with Gasteiger partial charge in [-0.2, -0.15) is 0 Å². The average molecular weight is 476 g/mol. The molecule has 0 atom stereocenters. The van der Waals surface area contributed by atoms with Crippen LogP contribution in [0.2, 0.25) is 0 Å². The van der Waals surface area contributed by atoms with Gasteiger partial charge in [-0.3, -0.25) is 4.79 Å². The fourth-order valence-corrected chi connectivity index (χ4v) is 3.64. The molecule has 0 unspecified atom stereocenters. The summed E-state index contributed by atoms with van der Waals surface area (Å²) in [4.78, 5) is 25.8. The predicted molar refractivity (Wildman–Crippen MR) is 128 cm³/mol. The Bertz CT molecular complexity index is 1320. The highest BCUT2D eigenvalue weighted by Crippen LogP contribution is 2.40. The number of rotatable bonds is 7. The van der Waals surface area contributed by atoms with E-state index < -0.39 is 5.97 Å². The number of ketones is 1. The first-order valence-electron chi connectivity index (χ1n) is 10.6. The minimum absolute atomic E-state index is 0.132. The van der Waals surface area contributed by atoms with Crippen molar-refractivity contribution in [1.82, 2.24) is 0 Å². The highest BCUT2D eigenvalue weighted by Gasteiger charge is 2.31. The van der Waals surface area contributed by atoms with Crippen LogP contribution in [-0.4, -0.2) is 40.2 Å². The van der Waals surface area contributed by atoms with Gasteiger partial charge in [0.25, 0.3) is 0 Å². The fourth-order valence-electron chi connectivity index (χ4n) is 3.64. The summed E-state index contributed by atoms with van der Waals surface area (Å²) >= 11 is 0. The molecule has 0 fully saturated rings. The van der Waals surface area contributed by atoms with Crippen molar-refractivity contribution in [2.45, 2.75) is 6.92 Å². The molecule has 0 aliphatic carbocycles. The van der Waals surface area contributed by atoms with Crippen molar-refractivity contribution in [3.8, 4) is 34.5 Å². The third-order valence-electron chi connectivity index (χ3n) is 5.55. The number of fused-ring (bicyclic) bond motifs is 1. The number of Topliss-reactive ketones (excluding diaryl/α,β-unsaturated/α-hetero) is 1. The van der Waals surface area contributed by atoms with Crippen LogP contribution >= 0.6 is 0 Å². The second kappa shape index (κ2) is 9.80. The van der Waals surface area contributed by atoms with E-state index >= 15 is 0 Å². The third kappa shape index (κ3) is 4.63. The van der Waals surface area contributed by atoms with Gasteiger partial charge in [-0.15, -0.1) is 0 Å². The van der Waals surface area contributed by atoms with Gasteiger partial charge >= 0.3 is 5.97 Å². The number of benzene rings is 3. The molecule has 35 heavy (non-hydrogen) atoms. The van der Waals surface area contributed by atoms with Crippen molar-refractivity contribution >= 4 is 17.8 Å². The van der Waals surface area contributed by atoms with Crippen molar-refractivity contribution in [1.29, 1.82) is 0 Å². The normalized spacial score (nSPS) is 13.2. The van der Waals surface area contributed by atoms with Crippen LogP contribution in [0.25, 0.3) is 6.08 Å². The molecule has 180 valence electrons. The summed E-state index contributed by atoms with van der Waals surface area (Å²) < 4.78 is 32.6. The Morgan fingerprint density at radius 1 is 0.800 bits per heavy atom. The number of methoxy groups -OCH3 is 4. The molecule has 4 rings (SSSR count). The fraction of sp³-hybridized carbons (Fsp3) is 0.185. The lowest BCUT2D eigenvalue weighted by Crippen LogP contribution is -2.10. The standard InChI is InChI=1S/C27H24O8/c1-15-22(35-27(29)17-10-19(31-3)13-20(11-17)32-4)9-8-21-25(28)24(34-26(15)21)12-16-6-7-18(30-2)14-23(16)33-5/h6-14H,1-5H3/b24-12-. The predicted octanol–water partition coefficient (Wildman–Crippen LogP) is 4.86. The van der Waals surface area contributed by atoms with Crippen molar-refractivity contribution in [2.75, 3.05) is 28.4 Å². The second-order valence-corrected chi connectivity index (χ2v) is 7.60. The maximum atomic E-state index is 13.0. The topological polar surface area (TPSA) is 89.5 Å². The molecule has 0 saturated carbocycles. The molecular weight excluding hydrogens is 452 g/mol. The minimum Gasteiger partial charge on any atom is -0.497 e. The first-order valence-corrected chi connectivity index (χ1v) is 10.6. The molecule has 0 saturated heterocycles. The highest BCUT2D eigenvalue weighted by molar-refractivity contribution is 6.15. The van der Waals surface area contributed by atoms with Gasteiger partial charge in [0.15, 0.2) is 5.76 Å². The zero-order valence-corrected chi connectivity index (χ0v) is 20.0. The minimum atomic E-state index is -0.603. The van der Waals surface area contributed by atoms with Gasteiger partial charge in [-0.1, -0.05) is 0 Å². The van der Waals surface area contributed by atoms with Gasteiger partial charge in [-0.25, -0.2) is 4.79 Å². The van der Waals surface area contributed by atoms with Crippen LogP contribution < -0.4 is 28.4 Å². The van der Waals surface area contributed by atoms with Crippen LogP contribution in [0.1, 0.15) is 31.8 Å². The summed E-state index contributed by atoms with van der Waals surface area (Å²) in [5, 5.41) is 0. The summed E-state index contributed by atoms with van der Waals surface area (Å²) in [7, 11) is 6.09. The first-order chi connectivity index (χ1) is 16.9. The zero-order chi connectivity index (χ0) is 25.1. The molecule has 0 spiro atoms. The lowest BCUT2D eigenvalue weighted by atomic mass is 10.1. The van der Waals surface area contributed by atoms with Gasteiger partial charge < -0.3 is 28.4 Å².